The van der Waals surface area contributed by atoms with Crippen molar-refractivity contribution in [2.24, 2.45) is 5.10 Å². The molecule has 2 aromatic rings. The van der Waals surface area contributed by atoms with E-state index in [1.54, 1.807) is 43.5 Å². The molecule has 0 aromatic heterocycles. The van der Waals surface area contributed by atoms with Gasteiger partial charge in [-0.05, 0) is 48.4 Å². The molecule has 0 bridgehead atoms. The van der Waals surface area contributed by atoms with Crippen LogP contribution in [0.4, 0.5) is 0 Å². The van der Waals surface area contributed by atoms with Crippen LogP contribution in [-0.2, 0) is 9.53 Å². The molecule has 6 nitrogen and oxygen atoms in total. The van der Waals surface area contributed by atoms with E-state index in [-0.39, 0.29) is 5.91 Å². The van der Waals surface area contributed by atoms with Crippen LogP contribution in [0.5, 0.6) is 11.5 Å². The molecule has 2 aromatic carbocycles. The summed E-state index contributed by atoms with van der Waals surface area (Å²) in [4.78, 5) is 12.3. The first-order valence-electron chi connectivity index (χ1n) is 8.01. The quantitative estimate of drug-likeness (QED) is 0.564. The summed E-state index contributed by atoms with van der Waals surface area (Å²) in [5, 5.41) is 4.57. The molecule has 138 valence electrons. The lowest BCUT2D eigenvalue weighted by Gasteiger charge is -2.13. The lowest BCUT2D eigenvalue weighted by molar-refractivity contribution is -0.131. The minimum atomic E-state index is -0.778. The second kappa shape index (κ2) is 9.79. The Hall–Kier alpha value is -2.57. The Labute approximate surface area is 157 Å². The lowest BCUT2D eigenvalue weighted by atomic mass is 10.1. The summed E-state index contributed by atoms with van der Waals surface area (Å²) >= 11 is 5.86. The number of ether oxygens (including phenoxy) is 3. The second-order valence-corrected chi connectivity index (χ2v) is 5.68. The number of nitrogens with zero attached hydrogens (tertiary/aromatic N) is 1. The van der Waals surface area contributed by atoms with Gasteiger partial charge >= 0.3 is 0 Å². The third kappa shape index (κ3) is 5.21. The number of rotatable bonds is 8. The molecule has 0 fully saturated rings. The minimum Gasteiger partial charge on any atom is -0.493 e. The Kier molecular flexibility index (Phi) is 7.44. The molecule has 0 heterocycles. The van der Waals surface area contributed by atoms with E-state index in [4.69, 9.17) is 25.8 Å². The van der Waals surface area contributed by atoms with Gasteiger partial charge in [0.05, 0.1) is 19.9 Å². The van der Waals surface area contributed by atoms with Gasteiger partial charge in [-0.25, -0.2) is 5.43 Å². The van der Waals surface area contributed by atoms with Gasteiger partial charge in [-0.15, -0.1) is 0 Å². The molecule has 1 atom stereocenters. The van der Waals surface area contributed by atoms with Gasteiger partial charge in [0.1, 0.15) is 0 Å². The van der Waals surface area contributed by atoms with E-state index in [2.05, 4.69) is 10.5 Å². The van der Waals surface area contributed by atoms with Crippen molar-refractivity contribution < 1.29 is 19.0 Å². The largest absolute Gasteiger partial charge is 0.493 e. The SMILES string of the molecule is CCOc1cc(C=NNC(=O)C(OC)c2ccc(Cl)cc2)ccc1OC. The van der Waals surface area contributed by atoms with Crippen LogP contribution in [0.25, 0.3) is 0 Å². The molecule has 26 heavy (non-hydrogen) atoms. The van der Waals surface area contributed by atoms with Crippen molar-refractivity contribution in [1.82, 2.24) is 5.43 Å². The first-order chi connectivity index (χ1) is 12.6. The minimum absolute atomic E-state index is 0.385. The molecular weight excluding hydrogens is 356 g/mol. The van der Waals surface area contributed by atoms with E-state index in [0.717, 1.165) is 5.56 Å². The maximum atomic E-state index is 12.3. The molecule has 0 saturated heterocycles. The topological polar surface area (TPSA) is 69.2 Å². The van der Waals surface area contributed by atoms with Gasteiger partial charge in [-0.1, -0.05) is 23.7 Å². The average Bonchev–Trinajstić information content (AvgIpc) is 2.64. The van der Waals surface area contributed by atoms with Crippen molar-refractivity contribution in [1.29, 1.82) is 0 Å². The number of hydrogen-bond acceptors (Lipinski definition) is 5. The van der Waals surface area contributed by atoms with Crippen LogP contribution in [0, 0.1) is 0 Å². The number of hydrogen-bond donors (Lipinski definition) is 1. The summed E-state index contributed by atoms with van der Waals surface area (Å²) in [6.45, 7) is 2.41. The van der Waals surface area contributed by atoms with Crippen LogP contribution >= 0.6 is 11.6 Å². The molecule has 0 radical (unpaired) electrons. The zero-order valence-electron chi connectivity index (χ0n) is 14.9. The van der Waals surface area contributed by atoms with Gasteiger partial charge < -0.3 is 14.2 Å². The zero-order valence-corrected chi connectivity index (χ0v) is 15.6. The van der Waals surface area contributed by atoms with Gasteiger partial charge in [0.15, 0.2) is 17.6 Å². The number of hydrazone groups is 1. The number of amides is 1. The van der Waals surface area contributed by atoms with E-state index in [9.17, 15) is 4.79 Å². The van der Waals surface area contributed by atoms with Gasteiger partial charge in [0, 0.05) is 12.1 Å². The normalized spacial score (nSPS) is 12.0. The standard InChI is InChI=1S/C19H21ClN2O4/c1-4-26-17-11-13(5-10-16(17)24-2)12-21-22-19(23)18(25-3)14-6-8-15(20)9-7-14/h5-12,18H,4H2,1-3H3,(H,22,23). The molecule has 0 aliphatic carbocycles. The van der Waals surface area contributed by atoms with E-state index < -0.39 is 6.10 Å². The predicted octanol–water partition coefficient (Wildman–Crippen LogP) is 3.59. The Morgan fingerprint density at radius 3 is 2.54 bits per heavy atom. The van der Waals surface area contributed by atoms with Gasteiger partial charge in [0.2, 0.25) is 0 Å². The molecule has 7 heteroatoms. The third-order valence-corrected chi connectivity index (χ3v) is 3.77. The van der Waals surface area contributed by atoms with Crippen molar-refractivity contribution in [3.05, 3.63) is 58.6 Å². The molecule has 0 aliphatic rings. The fraction of sp³-hybridized carbons (Fsp3) is 0.263. The van der Waals surface area contributed by atoms with Crippen LogP contribution in [0.15, 0.2) is 47.6 Å². The van der Waals surface area contributed by atoms with Gasteiger partial charge in [-0.2, -0.15) is 5.10 Å². The van der Waals surface area contributed by atoms with E-state index >= 15 is 0 Å². The lowest BCUT2D eigenvalue weighted by Crippen LogP contribution is -2.26. The highest BCUT2D eigenvalue weighted by Crippen LogP contribution is 2.27. The second-order valence-electron chi connectivity index (χ2n) is 5.24. The van der Waals surface area contributed by atoms with Crippen molar-refractivity contribution >= 4 is 23.7 Å². The maximum absolute atomic E-state index is 12.3. The molecule has 0 saturated carbocycles. The molecule has 1 amide bonds. The summed E-state index contributed by atoms with van der Waals surface area (Å²) in [5.41, 5.74) is 3.92. The molecule has 1 N–H and O–H groups in total. The van der Waals surface area contributed by atoms with E-state index in [0.29, 0.717) is 28.7 Å². The fourth-order valence-electron chi connectivity index (χ4n) is 2.30. The van der Waals surface area contributed by atoms with Gasteiger partial charge in [-0.3, -0.25) is 4.79 Å². The fourth-order valence-corrected chi connectivity index (χ4v) is 2.43. The summed E-state index contributed by atoms with van der Waals surface area (Å²) in [7, 11) is 3.04. The Balaban J connectivity index is 2.05. The Morgan fingerprint density at radius 1 is 1.19 bits per heavy atom. The summed E-state index contributed by atoms with van der Waals surface area (Å²) < 4.78 is 16.0. The Morgan fingerprint density at radius 2 is 1.92 bits per heavy atom. The average molecular weight is 377 g/mol. The predicted molar refractivity (Wildman–Crippen MR) is 101 cm³/mol. The maximum Gasteiger partial charge on any atom is 0.273 e. The number of nitrogens with one attached hydrogen (secondary N) is 1. The van der Waals surface area contributed by atoms with Crippen LogP contribution in [-0.4, -0.2) is 32.9 Å². The van der Waals surface area contributed by atoms with Crippen LogP contribution < -0.4 is 14.9 Å². The number of halogens is 1. The van der Waals surface area contributed by atoms with Crippen molar-refractivity contribution in [2.75, 3.05) is 20.8 Å². The van der Waals surface area contributed by atoms with Crippen LogP contribution in [0.2, 0.25) is 5.02 Å². The van der Waals surface area contributed by atoms with Crippen molar-refractivity contribution in [2.45, 2.75) is 13.0 Å². The highest BCUT2D eigenvalue weighted by molar-refractivity contribution is 6.30. The number of carbonyl (C=O) groups is 1. The first kappa shape index (κ1) is 19.8. The van der Waals surface area contributed by atoms with Crippen LogP contribution in [0.1, 0.15) is 24.2 Å². The smallest absolute Gasteiger partial charge is 0.273 e. The molecule has 1 unspecified atom stereocenters. The van der Waals surface area contributed by atoms with E-state index in [1.165, 1.54) is 13.3 Å². The first-order valence-corrected chi connectivity index (χ1v) is 8.38. The van der Waals surface area contributed by atoms with Gasteiger partial charge in [0.25, 0.3) is 5.91 Å². The highest BCUT2D eigenvalue weighted by Gasteiger charge is 2.19. The Bertz CT molecular complexity index is 763. The zero-order chi connectivity index (χ0) is 18.9. The van der Waals surface area contributed by atoms with E-state index in [1.807, 2.05) is 13.0 Å². The summed E-state index contributed by atoms with van der Waals surface area (Å²) in [6.07, 6.45) is 0.744. The molecule has 0 spiro atoms. The third-order valence-electron chi connectivity index (χ3n) is 3.52. The molecular formula is C19H21ClN2O4. The summed E-state index contributed by atoms with van der Waals surface area (Å²) in [6, 6.07) is 12.2. The van der Waals surface area contributed by atoms with Crippen molar-refractivity contribution in [3.63, 3.8) is 0 Å². The monoisotopic (exact) mass is 376 g/mol. The number of methoxy groups -OCH3 is 2. The molecule has 0 aliphatic heterocycles. The highest BCUT2D eigenvalue weighted by atomic mass is 35.5. The van der Waals surface area contributed by atoms with Crippen LogP contribution in [0.3, 0.4) is 0 Å². The van der Waals surface area contributed by atoms with Crippen molar-refractivity contribution in [3.8, 4) is 11.5 Å². The summed E-state index contributed by atoms with van der Waals surface area (Å²) in [5.74, 6) is 0.862. The number of benzene rings is 2. The molecule has 2 rings (SSSR count). The number of carbonyl (C=O) groups excluding carboxylic acids is 1.